The van der Waals surface area contributed by atoms with Crippen molar-refractivity contribution < 1.29 is 50.4 Å². The van der Waals surface area contributed by atoms with E-state index in [9.17, 15) is 0 Å². The van der Waals surface area contributed by atoms with Gasteiger partial charge in [0.1, 0.15) is 0 Å². The van der Waals surface area contributed by atoms with E-state index < -0.39 is 13.4 Å². The Kier molecular flexibility index (Phi) is 22.5. The zero-order valence-corrected chi connectivity index (χ0v) is 19.5. The van der Waals surface area contributed by atoms with E-state index >= 15 is 0 Å². The maximum absolute atomic E-state index is 7.56. The standard InChI is InChI=1S/C14H21.Mo.2H3O3PS/c1-2-3-4-5-6-8-11-14-12-9-7-10-13-14;;2*1-4(2,3)5/h7,9-10,12H,2-6,8,11H2,1H3;;2*(H3,1,2,3,5)/q-1;;;. The Morgan fingerprint density at radius 3 is 1.68 bits per heavy atom. The zero-order chi connectivity index (χ0) is 19.1. The van der Waals surface area contributed by atoms with Gasteiger partial charge < -0.3 is 29.4 Å². The summed E-state index contributed by atoms with van der Waals surface area (Å²) in [7, 11) is 0. The first-order valence-corrected chi connectivity index (χ1v) is 12.8. The molecule has 0 unspecified atom stereocenters. The molecule has 25 heavy (non-hydrogen) atoms. The van der Waals surface area contributed by atoms with Gasteiger partial charge in [-0.25, -0.2) is 0 Å². The second-order valence-corrected chi connectivity index (χ2v) is 9.92. The van der Waals surface area contributed by atoms with Crippen LogP contribution in [0.4, 0.5) is 0 Å². The summed E-state index contributed by atoms with van der Waals surface area (Å²) in [6.45, 7) is -5.35. The van der Waals surface area contributed by atoms with Gasteiger partial charge >= 0.3 is 13.4 Å². The average molecular weight is 513 g/mol. The molecule has 0 bridgehead atoms. The summed E-state index contributed by atoms with van der Waals surface area (Å²) in [4.78, 5) is 45.3. The van der Waals surface area contributed by atoms with Crippen LogP contribution in [0, 0.1) is 6.07 Å². The van der Waals surface area contributed by atoms with Crippen molar-refractivity contribution in [1.82, 2.24) is 0 Å². The predicted molar refractivity (Wildman–Crippen MR) is 104 cm³/mol. The van der Waals surface area contributed by atoms with Gasteiger partial charge in [-0.1, -0.05) is 51.9 Å². The molecule has 0 saturated heterocycles. The van der Waals surface area contributed by atoms with E-state index in [0.29, 0.717) is 0 Å². The first-order chi connectivity index (χ1) is 10.9. The molecule has 0 aliphatic rings. The van der Waals surface area contributed by atoms with Crippen molar-refractivity contribution in [3.63, 3.8) is 0 Å². The second kappa shape index (κ2) is 18.3. The average Bonchev–Trinajstić information content (AvgIpc) is 2.40. The fraction of sp³-hybridized carbons (Fsp3) is 0.571. The molecule has 0 saturated carbocycles. The molecule has 6 N–H and O–H groups in total. The van der Waals surface area contributed by atoms with Crippen LogP contribution in [0.1, 0.15) is 51.0 Å². The zero-order valence-electron chi connectivity index (χ0n) is 14.1. The van der Waals surface area contributed by atoms with Gasteiger partial charge in [-0.3, -0.25) is 0 Å². The third kappa shape index (κ3) is 45.7. The van der Waals surface area contributed by atoms with Gasteiger partial charge in [0.2, 0.25) is 0 Å². The minimum absolute atomic E-state index is 0. The number of aryl methyl sites for hydroxylation is 1. The normalized spacial score (nSPS) is 10.5. The molecule has 0 amide bonds. The quantitative estimate of drug-likeness (QED) is 0.143. The number of rotatable bonds is 7. The molecular formula is C14H27MoO6P2S2-. The van der Waals surface area contributed by atoms with Crippen molar-refractivity contribution in [2.45, 2.75) is 51.9 Å². The predicted octanol–water partition coefficient (Wildman–Crippen LogP) is 2.76. The third-order valence-electron chi connectivity index (χ3n) is 2.57. The molecule has 148 valence electrons. The molecule has 1 rings (SSSR count). The maximum atomic E-state index is 7.56. The summed E-state index contributed by atoms with van der Waals surface area (Å²) in [5, 5.41) is 0. The molecule has 0 fully saturated rings. The number of unbranched alkanes of at least 4 members (excludes halogenated alkanes) is 5. The fourth-order valence-electron chi connectivity index (χ4n) is 1.68. The second-order valence-electron chi connectivity index (χ2n) is 4.93. The van der Waals surface area contributed by atoms with Crippen molar-refractivity contribution in [1.29, 1.82) is 0 Å². The summed E-state index contributed by atoms with van der Waals surface area (Å²) in [6, 6.07) is 11.6. The minimum atomic E-state index is -3.81. The summed E-state index contributed by atoms with van der Waals surface area (Å²) in [5.41, 5.74) is 1.36. The molecule has 11 heteroatoms. The van der Waals surface area contributed by atoms with Crippen LogP contribution in [0.5, 0.6) is 0 Å². The molecule has 0 aliphatic carbocycles. The van der Waals surface area contributed by atoms with Gasteiger partial charge in [0.25, 0.3) is 0 Å². The van der Waals surface area contributed by atoms with Crippen LogP contribution in [0.25, 0.3) is 0 Å². The molecule has 0 spiro atoms. The van der Waals surface area contributed by atoms with Crippen molar-refractivity contribution in [3.05, 3.63) is 35.9 Å². The summed E-state index contributed by atoms with van der Waals surface area (Å²) >= 11 is 7.21. The number of hydrogen-bond acceptors (Lipinski definition) is 2. The van der Waals surface area contributed by atoms with E-state index in [1.807, 2.05) is 12.1 Å². The maximum Gasteiger partial charge on any atom is 0.319 e. The van der Waals surface area contributed by atoms with Crippen LogP contribution in [0.3, 0.4) is 0 Å². The van der Waals surface area contributed by atoms with Crippen molar-refractivity contribution in [2.75, 3.05) is 0 Å². The fourth-order valence-corrected chi connectivity index (χ4v) is 1.68. The van der Waals surface area contributed by atoms with Gasteiger partial charge in [0.05, 0.1) is 0 Å². The van der Waals surface area contributed by atoms with Crippen molar-refractivity contribution >= 4 is 37.1 Å². The van der Waals surface area contributed by atoms with E-state index in [2.05, 4.69) is 48.7 Å². The largest absolute Gasteiger partial charge is 0.325 e. The topological polar surface area (TPSA) is 121 Å². The SMILES string of the molecule is CCCCCCCCc1[c-]cccc1.OP(O)(O)=S.OP(O)(O)=S.[Mo]. The summed E-state index contributed by atoms with van der Waals surface area (Å²) in [6.07, 6.45) is 9.46. The van der Waals surface area contributed by atoms with E-state index in [1.165, 1.54) is 50.5 Å². The van der Waals surface area contributed by atoms with E-state index in [1.54, 1.807) is 0 Å². The summed E-state index contributed by atoms with van der Waals surface area (Å²) < 4.78 is 0. The molecule has 0 radical (unpaired) electrons. The monoisotopic (exact) mass is 515 g/mol. The molecule has 0 aromatic heterocycles. The van der Waals surface area contributed by atoms with Crippen LogP contribution in [-0.4, -0.2) is 29.4 Å². The van der Waals surface area contributed by atoms with Gasteiger partial charge in [0, 0.05) is 21.1 Å². The first-order valence-electron chi connectivity index (χ1n) is 7.45. The molecule has 0 aliphatic heterocycles. The summed E-state index contributed by atoms with van der Waals surface area (Å²) in [5.74, 6) is 0. The molecule has 6 nitrogen and oxygen atoms in total. The Labute approximate surface area is 174 Å². The van der Waals surface area contributed by atoms with Crippen molar-refractivity contribution in [3.8, 4) is 0 Å². The van der Waals surface area contributed by atoms with Gasteiger partial charge in [0.15, 0.2) is 0 Å². The van der Waals surface area contributed by atoms with Gasteiger partial charge in [-0.05, 0) is 23.6 Å². The third-order valence-corrected chi connectivity index (χ3v) is 2.57. The minimum Gasteiger partial charge on any atom is -0.325 e. The van der Waals surface area contributed by atoms with Crippen LogP contribution in [0.15, 0.2) is 24.3 Å². The van der Waals surface area contributed by atoms with Crippen LogP contribution >= 0.6 is 13.4 Å². The Balaban J connectivity index is -0.000000368. The van der Waals surface area contributed by atoms with E-state index in [4.69, 9.17) is 29.4 Å². The molecule has 0 heterocycles. The van der Waals surface area contributed by atoms with Crippen molar-refractivity contribution in [2.24, 2.45) is 0 Å². The number of hydrogen-bond donors (Lipinski definition) is 6. The number of benzene rings is 1. The molecule has 1 aromatic rings. The molecular weight excluding hydrogens is 486 g/mol. The Morgan fingerprint density at radius 2 is 1.28 bits per heavy atom. The van der Waals surface area contributed by atoms with Gasteiger partial charge in [-0.15, -0.1) is 0 Å². The smallest absolute Gasteiger partial charge is 0.319 e. The molecule has 1 aromatic carbocycles. The van der Waals surface area contributed by atoms with E-state index in [0.717, 1.165) is 0 Å². The first kappa shape index (κ1) is 30.7. The molecule has 0 atom stereocenters. The van der Waals surface area contributed by atoms with Gasteiger partial charge in [-0.2, -0.15) is 35.9 Å². The Hall–Kier alpha value is 0.968. The van der Waals surface area contributed by atoms with Crippen LogP contribution in [-0.2, 0) is 51.1 Å². The van der Waals surface area contributed by atoms with E-state index in [-0.39, 0.29) is 21.1 Å². The van der Waals surface area contributed by atoms with Crippen LogP contribution < -0.4 is 0 Å². The van der Waals surface area contributed by atoms with Crippen LogP contribution in [0.2, 0.25) is 0 Å². The Morgan fingerprint density at radius 1 is 0.840 bits per heavy atom. The Bertz CT molecular complexity index is 459.